The van der Waals surface area contributed by atoms with Gasteiger partial charge in [-0.05, 0) is 23.8 Å². The largest absolute Gasteiger partial charge is 0.497 e. The Balaban J connectivity index is 1.75. The molecule has 0 aliphatic carbocycles. The van der Waals surface area contributed by atoms with Gasteiger partial charge in [0.1, 0.15) is 16.7 Å². The molecule has 0 unspecified atom stereocenters. The quantitative estimate of drug-likeness (QED) is 0.661. The molecule has 1 N–H and O–H groups in total. The van der Waals surface area contributed by atoms with Gasteiger partial charge in [-0.25, -0.2) is 0 Å². The summed E-state index contributed by atoms with van der Waals surface area (Å²) in [5.41, 5.74) is 1.67. The van der Waals surface area contributed by atoms with Crippen LogP contribution in [0, 0.1) is 0 Å². The van der Waals surface area contributed by atoms with E-state index in [4.69, 9.17) is 9.47 Å². The van der Waals surface area contributed by atoms with Crippen LogP contribution in [0.1, 0.15) is 16.4 Å². The first-order valence-corrected chi connectivity index (χ1v) is 8.44. The number of hydrogen-bond donors (Lipinski definition) is 1. The summed E-state index contributed by atoms with van der Waals surface area (Å²) in [6.07, 6.45) is 1.57. The van der Waals surface area contributed by atoms with Crippen molar-refractivity contribution in [3.05, 3.63) is 59.7 Å². The molecular weight excluding hydrogens is 338 g/mol. The van der Waals surface area contributed by atoms with Crippen molar-refractivity contribution in [3.8, 4) is 11.5 Å². The molecule has 128 valence electrons. The van der Waals surface area contributed by atoms with Crippen molar-refractivity contribution in [2.45, 2.75) is 5.25 Å². The Morgan fingerprint density at radius 2 is 1.92 bits per heavy atom. The smallest absolute Gasteiger partial charge is 0.244 e. The van der Waals surface area contributed by atoms with Crippen LogP contribution in [0.5, 0.6) is 11.5 Å². The molecule has 1 heterocycles. The lowest BCUT2D eigenvalue weighted by molar-refractivity contribution is -0.118. The summed E-state index contributed by atoms with van der Waals surface area (Å²) in [7, 11) is 3.18. The number of nitrogens with zero attached hydrogens (tertiary/aromatic N) is 2. The number of methoxy groups -OCH3 is 2. The fourth-order valence-corrected chi connectivity index (χ4v) is 3.28. The highest BCUT2D eigenvalue weighted by atomic mass is 32.2. The van der Waals surface area contributed by atoms with Gasteiger partial charge in [-0.2, -0.15) is 5.10 Å². The molecule has 0 saturated carbocycles. The second-order valence-corrected chi connectivity index (χ2v) is 6.25. The molecule has 0 spiro atoms. The highest BCUT2D eigenvalue weighted by Gasteiger charge is 2.31. The van der Waals surface area contributed by atoms with Crippen LogP contribution in [0.4, 0.5) is 0 Å². The number of nitrogens with one attached hydrogen (secondary N) is 1. The SMILES string of the molecule is COc1ccc(OC)c(/C=N\N=C2NC(=O)[C@@H](c3ccccc3)S2)c1. The molecular formula is C18H17N3O3S. The van der Waals surface area contributed by atoms with Crippen molar-refractivity contribution >= 4 is 29.1 Å². The van der Waals surface area contributed by atoms with Gasteiger partial charge < -0.3 is 14.8 Å². The summed E-state index contributed by atoms with van der Waals surface area (Å²) in [4.78, 5) is 12.1. The molecule has 0 radical (unpaired) electrons. The third-order valence-electron chi connectivity index (χ3n) is 3.58. The Morgan fingerprint density at radius 1 is 1.12 bits per heavy atom. The van der Waals surface area contributed by atoms with Gasteiger partial charge in [0.05, 0.1) is 20.4 Å². The van der Waals surface area contributed by atoms with Gasteiger partial charge >= 0.3 is 0 Å². The van der Waals surface area contributed by atoms with Gasteiger partial charge in [0.2, 0.25) is 5.91 Å². The first kappa shape index (κ1) is 17.0. The topological polar surface area (TPSA) is 72.3 Å². The van der Waals surface area contributed by atoms with Crippen molar-refractivity contribution in [1.29, 1.82) is 0 Å². The van der Waals surface area contributed by atoms with Crippen molar-refractivity contribution in [2.24, 2.45) is 10.2 Å². The first-order valence-electron chi connectivity index (χ1n) is 7.57. The summed E-state index contributed by atoms with van der Waals surface area (Å²) in [5.74, 6) is 1.27. The maximum atomic E-state index is 12.1. The van der Waals surface area contributed by atoms with Crippen molar-refractivity contribution in [3.63, 3.8) is 0 Å². The fourth-order valence-electron chi connectivity index (χ4n) is 2.35. The van der Waals surface area contributed by atoms with E-state index in [1.54, 1.807) is 38.6 Å². The molecule has 1 amide bonds. The van der Waals surface area contributed by atoms with Crippen LogP contribution < -0.4 is 14.8 Å². The first-order chi connectivity index (χ1) is 12.2. The van der Waals surface area contributed by atoms with Gasteiger partial charge in [0.25, 0.3) is 0 Å². The van der Waals surface area contributed by atoms with Gasteiger partial charge in [-0.15, -0.1) is 5.10 Å². The molecule has 0 bridgehead atoms. The monoisotopic (exact) mass is 355 g/mol. The molecule has 25 heavy (non-hydrogen) atoms. The van der Waals surface area contributed by atoms with E-state index in [2.05, 4.69) is 15.5 Å². The minimum atomic E-state index is -0.304. The molecule has 1 atom stereocenters. The maximum Gasteiger partial charge on any atom is 0.244 e. The molecule has 1 saturated heterocycles. The third kappa shape index (κ3) is 4.00. The van der Waals surface area contributed by atoms with Crippen LogP contribution in [-0.4, -0.2) is 31.5 Å². The zero-order valence-electron chi connectivity index (χ0n) is 13.8. The predicted molar refractivity (Wildman–Crippen MR) is 99.5 cm³/mol. The van der Waals surface area contributed by atoms with E-state index in [1.165, 1.54) is 11.8 Å². The van der Waals surface area contributed by atoms with Crippen LogP contribution in [0.3, 0.4) is 0 Å². The predicted octanol–water partition coefficient (Wildman–Crippen LogP) is 3.00. The van der Waals surface area contributed by atoms with Crippen LogP contribution in [0.15, 0.2) is 58.7 Å². The van der Waals surface area contributed by atoms with E-state index in [1.807, 2.05) is 30.3 Å². The third-order valence-corrected chi connectivity index (χ3v) is 4.71. The molecule has 0 aromatic heterocycles. The lowest BCUT2D eigenvalue weighted by atomic mass is 10.1. The minimum Gasteiger partial charge on any atom is -0.497 e. The Kier molecular flexibility index (Phi) is 5.35. The van der Waals surface area contributed by atoms with Crippen LogP contribution >= 0.6 is 11.8 Å². The minimum absolute atomic E-state index is 0.0934. The number of thioether (sulfide) groups is 1. The van der Waals surface area contributed by atoms with E-state index in [0.29, 0.717) is 16.7 Å². The molecule has 2 aromatic rings. The highest BCUT2D eigenvalue weighted by molar-refractivity contribution is 8.15. The number of ether oxygens (including phenoxy) is 2. The van der Waals surface area contributed by atoms with E-state index in [9.17, 15) is 4.79 Å². The van der Waals surface area contributed by atoms with Crippen molar-refractivity contribution < 1.29 is 14.3 Å². The molecule has 3 rings (SSSR count). The normalized spacial score (nSPS) is 18.6. The summed E-state index contributed by atoms with van der Waals surface area (Å²) >= 11 is 1.34. The number of carbonyl (C=O) groups excluding carboxylic acids is 1. The van der Waals surface area contributed by atoms with Gasteiger partial charge in [0.15, 0.2) is 5.17 Å². The number of benzene rings is 2. The molecule has 6 nitrogen and oxygen atoms in total. The standard InChI is InChI=1S/C18H17N3O3S/c1-23-14-8-9-15(24-2)13(10-14)11-19-21-18-20-17(22)16(25-18)12-6-4-3-5-7-12/h3-11,16H,1-2H3,(H,20,21,22)/b19-11-/t16-/m1/s1. The number of rotatable bonds is 5. The molecule has 7 heteroatoms. The average molecular weight is 355 g/mol. The summed E-state index contributed by atoms with van der Waals surface area (Å²) in [6, 6.07) is 15.0. The zero-order valence-corrected chi connectivity index (χ0v) is 14.6. The number of hydrogen-bond acceptors (Lipinski definition) is 6. The molecule has 1 aliphatic heterocycles. The van der Waals surface area contributed by atoms with Gasteiger partial charge in [0, 0.05) is 5.56 Å². The maximum absolute atomic E-state index is 12.1. The van der Waals surface area contributed by atoms with Crippen LogP contribution in [-0.2, 0) is 4.79 Å². The number of amides is 1. The van der Waals surface area contributed by atoms with E-state index >= 15 is 0 Å². The average Bonchev–Trinajstić information content (AvgIpc) is 3.03. The summed E-state index contributed by atoms with van der Waals surface area (Å²) < 4.78 is 10.5. The Morgan fingerprint density at radius 3 is 2.64 bits per heavy atom. The Labute approximate surface area is 149 Å². The second kappa shape index (κ2) is 7.85. The van der Waals surface area contributed by atoms with E-state index in [0.717, 1.165) is 11.1 Å². The zero-order chi connectivity index (χ0) is 17.6. The lowest BCUT2D eigenvalue weighted by Gasteiger charge is -2.06. The van der Waals surface area contributed by atoms with Gasteiger partial charge in [-0.3, -0.25) is 4.79 Å². The molecule has 1 aliphatic rings. The van der Waals surface area contributed by atoms with E-state index < -0.39 is 0 Å². The molecule has 2 aromatic carbocycles. The van der Waals surface area contributed by atoms with Gasteiger partial charge in [-0.1, -0.05) is 42.1 Å². The summed E-state index contributed by atoms with van der Waals surface area (Å²) in [5, 5.41) is 11.1. The van der Waals surface area contributed by atoms with Crippen molar-refractivity contribution in [2.75, 3.05) is 14.2 Å². The number of carbonyl (C=O) groups is 1. The van der Waals surface area contributed by atoms with Crippen molar-refractivity contribution in [1.82, 2.24) is 5.32 Å². The number of amidine groups is 1. The summed E-state index contributed by atoms with van der Waals surface area (Å²) in [6.45, 7) is 0. The van der Waals surface area contributed by atoms with Crippen LogP contribution in [0.2, 0.25) is 0 Å². The van der Waals surface area contributed by atoms with E-state index in [-0.39, 0.29) is 11.2 Å². The second-order valence-electron chi connectivity index (χ2n) is 5.16. The van der Waals surface area contributed by atoms with Crippen LogP contribution in [0.25, 0.3) is 0 Å². The highest BCUT2D eigenvalue weighted by Crippen LogP contribution is 2.34. The lowest BCUT2D eigenvalue weighted by Crippen LogP contribution is -2.21. The Bertz CT molecular complexity index is 822. The Hall–Kier alpha value is -2.80. The molecule has 1 fully saturated rings. The fraction of sp³-hybridized carbons (Fsp3) is 0.167.